The maximum absolute atomic E-state index is 12.4. The van der Waals surface area contributed by atoms with Gasteiger partial charge in [0.1, 0.15) is 5.69 Å². The van der Waals surface area contributed by atoms with Crippen molar-refractivity contribution >= 4 is 21.8 Å². The Hall–Kier alpha value is -0.940. The van der Waals surface area contributed by atoms with Gasteiger partial charge in [-0.25, -0.2) is 4.98 Å². The number of halogens is 1. The molecule has 0 aliphatic carbocycles. The second kappa shape index (κ2) is 6.29. The fourth-order valence-electron chi connectivity index (χ4n) is 2.28. The Morgan fingerprint density at radius 1 is 1.44 bits per heavy atom. The second-order valence-electron chi connectivity index (χ2n) is 4.55. The third-order valence-electron chi connectivity index (χ3n) is 3.30. The molecule has 5 heteroatoms. The van der Waals surface area contributed by atoms with Crippen molar-refractivity contribution in [3.05, 3.63) is 28.5 Å². The molecule has 2 heterocycles. The molecular weight excluding hydrogens is 296 g/mol. The Morgan fingerprint density at radius 2 is 2.28 bits per heavy atom. The van der Waals surface area contributed by atoms with Crippen LogP contribution in [0.25, 0.3) is 0 Å². The molecule has 98 valence electrons. The number of amides is 1. The smallest absolute Gasteiger partial charge is 0.272 e. The molecule has 1 N–H and O–H groups in total. The van der Waals surface area contributed by atoms with Gasteiger partial charge >= 0.3 is 0 Å². The fourth-order valence-corrected chi connectivity index (χ4v) is 2.52. The van der Waals surface area contributed by atoms with Crippen LogP contribution in [0.3, 0.4) is 0 Å². The van der Waals surface area contributed by atoms with Crippen molar-refractivity contribution in [1.29, 1.82) is 0 Å². The highest BCUT2D eigenvalue weighted by Crippen LogP contribution is 2.19. The summed E-state index contributed by atoms with van der Waals surface area (Å²) < 4.78 is 0.855. The van der Waals surface area contributed by atoms with E-state index in [4.69, 9.17) is 0 Å². The van der Waals surface area contributed by atoms with Crippen molar-refractivity contribution in [2.75, 3.05) is 13.2 Å². The Morgan fingerprint density at radius 3 is 2.94 bits per heavy atom. The largest absolute Gasteiger partial charge is 0.394 e. The molecule has 0 radical (unpaired) electrons. The molecular formula is C13H17BrN2O2. The Bertz CT molecular complexity index is 408. The summed E-state index contributed by atoms with van der Waals surface area (Å²) in [5.74, 6) is -0.0801. The molecule has 0 aromatic carbocycles. The first-order valence-corrected chi connectivity index (χ1v) is 7.05. The van der Waals surface area contributed by atoms with Crippen LogP contribution in [0, 0.1) is 0 Å². The number of aliphatic hydroxyl groups excluding tert-OH is 1. The maximum Gasteiger partial charge on any atom is 0.272 e. The lowest BCUT2D eigenvalue weighted by Gasteiger charge is -2.28. The first-order valence-electron chi connectivity index (χ1n) is 6.26. The van der Waals surface area contributed by atoms with E-state index in [-0.39, 0.29) is 18.6 Å². The summed E-state index contributed by atoms with van der Waals surface area (Å²) in [5, 5.41) is 9.40. The number of carbonyl (C=O) groups excluding carboxylic acids is 1. The van der Waals surface area contributed by atoms with Gasteiger partial charge in [-0.05, 0) is 40.9 Å². The van der Waals surface area contributed by atoms with Crippen LogP contribution < -0.4 is 0 Å². The molecule has 0 bridgehead atoms. The van der Waals surface area contributed by atoms with E-state index < -0.39 is 0 Å². The van der Waals surface area contributed by atoms with E-state index in [1.807, 2.05) is 6.07 Å². The quantitative estimate of drug-likeness (QED) is 0.911. The molecule has 1 aromatic rings. The van der Waals surface area contributed by atoms with Gasteiger partial charge in [-0.2, -0.15) is 0 Å². The Labute approximate surface area is 115 Å². The van der Waals surface area contributed by atoms with E-state index in [0.717, 1.165) is 30.2 Å². The van der Waals surface area contributed by atoms with Crippen LogP contribution in [0.15, 0.2) is 22.8 Å². The van der Waals surface area contributed by atoms with E-state index in [2.05, 4.69) is 20.9 Å². The summed E-state index contributed by atoms with van der Waals surface area (Å²) in [6.45, 7) is 0.740. The topological polar surface area (TPSA) is 53.4 Å². The molecule has 1 unspecified atom stereocenters. The Balaban J connectivity index is 2.17. The van der Waals surface area contributed by atoms with Crippen LogP contribution in [-0.4, -0.2) is 40.1 Å². The molecule has 18 heavy (non-hydrogen) atoms. The third-order valence-corrected chi connectivity index (χ3v) is 3.76. The lowest BCUT2D eigenvalue weighted by molar-refractivity contribution is 0.0594. The van der Waals surface area contributed by atoms with Gasteiger partial charge in [0.05, 0.1) is 12.6 Å². The first-order chi connectivity index (χ1) is 8.72. The molecule has 1 atom stereocenters. The highest BCUT2D eigenvalue weighted by atomic mass is 79.9. The number of carbonyl (C=O) groups is 1. The van der Waals surface area contributed by atoms with Crippen LogP contribution in [0.5, 0.6) is 0 Å². The van der Waals surface area contributed by atoms with Crippen molar-refractivity contribution in [1.82, 2.24) is 9.88 Å². The number of aliphatic hydroxyl groups is 1. The summed E-state index contributed by atoms with van der Waals surface area (Å²) >= 11 is 3.30. The number of likely N-dealkylation sites (tertiary alicyclic amines) is 1. The van der Waals surface area contributed by atoms with Gasteiger partial charge < -0.3 is 10.0 Å². The van der Waals surface area contributed by atoms with Gasteiger partial charge in [0.15, 0.2) is 0 Å². The SMILES string of the molecule is O=C(c1ccc(Br)cn1)N1CCCCCC1CO. The summed E-state index contributed by atoms with van der Waals surface area (Å²) in [6, 6.07) is 3.46. The van der Waals surface area contributed by atoms with E-state index in [0.29, 0.717) is 12.2 Å². The lowest BCUT2D eigenvalue weighted by atomic mass is 10.1. The number of nitrogens with zero attached hydrogens (tertiary/aromatic N) is 2. The van der Waals surface area contributed by atoms with Gasteiger partial charge in [-0.15, -0.1) is 0 Å². The summed E-state index contributed by atoms with van der Waals surface area (Å²) in [5.41, 5.74) is 0.443. The van der Waals surface area contributed by atoms with Crippen LogP contribution in [0.4, 0.5) is 0 Å². The van der Waals surface area contributed by atoms with E-state index in [1.54, 1.807) is 17.2 Å². The van der Waals surface area contributed by atoms with Crippen molar-refractivity contribution in [2.24, 2.45) is 0 Å². The lowest BCUT2D eigenvalue weighted by Crippen LogP contribution is -2.42. The standard InChI is InChI=1S/C13H17BrN2O2/c14-10-5-6-12(15-8-10)13(18)16-7-3-1-2-4-11(16)9-17/h5-6,8,11,17H,1-4,7,9H2. The van der Waals surface area contributed by atoms with E-state index >= 15 is 0 Å². The zero-order valence-electron chi connectivity index (χ0n) is 10.2. The zero-order valence-corrected chi connectivity index (χ0v) is 11.8. The monoisotopic (exact) mass is 312 g/mol. The third kappa shape index (κ3) is 3.09. The highest BCUT2D eigenvalue weighted by Gasteiger charge is 2.26. The molecule has 2 rings (SSSR count). The van der Waals surface area contributed by atoms with Crippen LogP contribution in [-0.2, 0) is 0 Å². The molecule has 1 aliphatic heterocycles. The molecule has 0 spiro atoms. The first kappa shape index (κ1) is 13.5. The maximum atomic E-state index is 12.4. The number of hydrogen-bond donors (Lipinski definition) is 1. The van der Waals surface area contributed by atoms with E-state index in [1.165, 1.54) is 0 Å². The van der Waals surface area contributed by atoms with E-state index in [9.17, 15) is 9.90 Å². The minimum Gasteiger partial charge on any atom is -0.394 e. The number of pyridine rings is 1. The Kier molecular flexibility index (Phi) is 4.72. The van der Waals surface area contributed by atoms with Gasteiger partial charge in [0.25, 0.3) is 5.91 Å². The number of hydrogen-bond acceptors (Lipinski definition) is 3. The van der Waals surface area contributed by atoms with Crippen molar-refractivity contribution in [3.63, 3.8) is 0 Å². The van der Waals surface area contributed by atoms with Gasteiger partial charge in [-0.1, -0.05) is 12.8 Å². The zero-order chi connectivity index (χ0) is 13.0. The minimum atomic E-state index is -0.0801. The molecule has 1 aromatic heterocycles. The predicted molar refractivity (Wildman–Crippen MR) is 72.3 cm³/mol. The minimum absolute atomic E-state index is 0.0300. The van der Waals surface area contributed by atoms with Crippen molar-refractivity contribution < 1.29 is 9.90 Å². The normalized spacial score (nSPS) is 20.6. The van der Waals surface area contributed by atoms with Gasteiger partial charge in [-0.3, -0.25) is 4.79 Å². The average Bonchev–Trinajstić information content (AvgIpc) is 2.63. The summed E-state index contributed by atoms with van der Waals surface area (Å²) in [6.07, 6.45) is 5.69. The molecule has 0 saturated carbocycles. The summed E-state index contributed by atoms with van der Waals surface area (Å²) in [4.78, 5) is 18.3. The van der Waals surface area contributed by atoms with Crippen molar-refractivity contribution in [3.8, 4) is 0 Å². The summed E-state index contributed by atoms with van der Waals surface area (Å²) in [7, 11) is 0. The average molecular weight is 313 g/mol. The van der Waals surface area contributed by atoms with Crippen LogP contribution in [0.1, 0.15) is 36.2 Å². The molecule has 1 fully saturated rings. The van der Waals surface area contributed by atoms with Gasteiger partial charge in [0.2, 0.25) is 0 Å². The van der Waals surface area contributed by atoms with Crippen LogP contribution >= 0.6 is 15.9 Å². The molecule has 1 amide bonds. The van der Waals surface area contributed by atoms with Gasteiger partial charge in [0, 0.05) is 17.2 Å². The number of rotatable bonds is 2. The molecule has 1 aliphatic rings. The molecule has 1 saturated heterocycles. The second-order valence-corrected chi connectivity index (χ2v) is 5.46. The van der Waals surface area contributed by atoms with Crippen molar-refractivity contribution in [2.45, 2.75) is 31.7 Å². The number of aromatic nitrogens is 1. The highest BCUT2D eigenvalue weighted by molar-refractivity contribution is 9.10. The fraction of sp³-hybridized carbons (Fsp3) is 0.538. The molecule has 4 nitrogen and oxygen atoms in total. The predicted octanol–water partition coefficient (Wildman–Crippen LogP) is 2.22. The van der Waals surface area contributed by atoms with Crippen LogP contribution in [0.2, 0.25) is 0 Å².